The van der Waals surface area contributed by atoms with Crippen molar-refractivity contribution < 1.29 is 80.2 Å². The van der Waals surface area contributed by atoms with Gasteiger partial charge in [0.05, 0.1) is 26.4 Å². The predicted molar refractivity (Wildman–Crippen MR) is 414 cm³/mol. The number of esters is 4. The average Bonchev–Trinajstić information content (AvgIpc) is 1.85. The van der Waals surface area contributed by atoms with Crippen LogP contribution in [-0.2, 0) is 65.4 Å². The Hall–Kier alpha value is -1.94. The first-order chi connectivity index (χ1) is 49.0. The summed E-state index contributed by atoms with van der Waals surface area (Å²) in [5, 5.41) is 10.7. The summed E-state index contributed by atoms with van der Waals surface area (Å²) in [5.74, 6) is -1.38. The third-order valence-corrected chi connectivity index (χ3v) is 21.2. The quantitative estimate of drug-likeness (QED) is 0.0222. The normalized spacial score (nSPS) is 13.8. The number of phosphoric acid groups is 2. The molecule has 5 atom stereocenters. The Morgan fingerprint density at radius 3 is 0.673 bits per heavy atom. The standard InChI is InChI=1S/C82H160O17P2/c1-6-9-12-15-18-21-24-27-30-32-33-34-37-40-43-46-53-58-63-68-81(86)98-77(71-92-79(84)65-60-55-50-44-41-38-36-31-28-25-22-19-16-13-10-7-2)73-96-100(88,89)94-69-76(83)70-95-101(90,91)97-74-78(72-93-80(85)66-61-56-51-48-47-49-54-59-64-75(4)5)99-82(87)67-62-57-52-45-42-39-35-29-26-23-20-17-14-11-8-3/h75-78,83H,6-74H2,1-5H3,(H,88,89)(H,90,91)/t76-,77-,78-/m1/s1. The lowest BCUT2D eigenvalue weighted by molar-refractivity contribution is -0.161. The highest BCUT2D eigenvalue weighted by molar-refractivity contribution is 7.47. The van der Waals surface area contributed by atoms with Crippen molar-refractivity contribution in [2.75, 3.05) is 39.6 Å². The molecule has 101 heavy (non-hydrogen) atoms. The van der Waals surface area contributed by atoms with E-state index in [1.807, 2.05) is 0 Å². The molecule has 2 unspecified atom stereocenters. The van der Waals surface area contributed by atoms with Crippen molar-refractivity contribution in [1.82, 2.24) is 0 Å². The molecule has 0 aromatic carbocycles. The fourth-order valence-corrected chi connectivity index (χ4v) is 14.3. The molecule has 0 radical (unpaired) electrons. The van der Waals surface area contributed by atoms with Crippen LogP contribution in [0.2, 0.25) is 0 Å². The molecule has 0 amide bonds. The van der Waals surface area contributed by atoms with Crippen LogP contribution >= 0.6 is 15.6 Å². The molecule has 0 aliphatic carbocycles. The summed E-state index contributed by atoms with van der Waals surface area (Å²) in [5.41, 5.74) is 0. The molecular weight excluding hydrogens is 1320 g/mol. The summed E-state index contributed by atoms with van der Waals surface area (Å²) in [7, 11) is -9.92. The number of aliphatic hydroxyl groups is 1. The Labute approximate surface area is 619 Å². The summed E-state index contributed by atoms with van der Waals surface area (Å²) in [6.07, 6.45) is 66.6. The van der Waals surface area contributed by atoms with Crippen molar-refractivity contribution in [2.24, 2.45) is 5.92 Å². The molecule has 0 fully saturated rings. The molecule has 0 saturated heterocycles. The van der Waals surface area contributed by atoms with Crippen LogP contribution in [0.3, 0.4) is 0 Å². The van der Waals surface area contributed by atoms with Crippen LogP contribution < -0.4 is 0 Å². The maximum absolute atomic E-state index is 13.1. The number of hydrogen-bond donors (Lipinski definition) is 3. The molecule has 17 nitrogen and oxygen atoms in total. The van der Waals surface area contributed by atoms with E-state index in [1.165, 1.54) is 263 Å². The zero-order valence-electron chi connectivity index (χ0n) is 66.1. The molecule has 0 bridgehead atoms. The van der Waals surface area contributed by atoms with Gasteiger partial charge in [0, 0.05) is 25.7 Å². The maximum atomic E-state index is 13.1. The average molecular weight is 1480 g/mol. The molecule has 19 heteroatoms. The maximum Gasteiger partial charge on any atom is 0.472 e. The molecule has 0 aliphatic heterocycles. The molecule has 0 saturated carbocycles. The summed E-state index contributed by atoms with van der Waals surface area (Å²) in [6, 6.07) is 0. The van der Waals surface area contributed by atoms with Gasteiger partial charge in [-0.1, -0.05) is 388 Å². The van der Waals surface area contributed by atoms with Crippen molar-refractivity contribution in [1.29, 1.82) is 0 Å². The van der Waals surface area contributed by atoms with Crippen molar-refractivity contribution >= 4 is 39.5 Å². The summed E-state index contributed by atoms with van der Waals surface area (Å²) in [6.45, 7) is 7.31. The summed E-state index contributed by atoms with van der Waals surface area (Å²) in [4.78, 5) is 73.1. The molecule has 0 spiro atoms. The van der Waals surface area contributed by atoms with E-state index in [0.717, 1.165) is 95.8 Å². The SMILES string of the molecule is CCCCCCCCCCCCCCCCCCCCCC(=O)O[C@H](COC(=O)CCCCCCCCCCCCCCCCCC)COP(=O)(O)OC[C@@H](O)COP(=O)(O)OC[C@@H](COC(=O)CCCCCCCCCCC(C)C)OC(=O)CCCCCCCCCCCCCCCCC. The topological polar surface area (TPSA) is 237 Å². The number of ether oxygens (including phenoxy) is 4. The van der Waals surface area contributed by atoms with Crippen LogP contribution in [0.5, 0.6) is 0 Å². The van der Waals surface area contributed by atoms with Crippen molar-refractivity contribution in [3.63, 3.8) is 0 Å². The number of aliphatic hydroxyl groups excluding tert-OH is 1. The zero-order chi connectivity index (χ0) is 74.1. The van der Waals surface area contributed by atoms with E-state index >= 15 is 0 Å². The van der Waals surface area contributed by atoms with Gasteiger partial charge in [-0.2, -0.15) is 0 Å². The molecule has 0 rings (SSSR count). The van der Waals surface area contributed by atoms with E-state index in [9.17, 15) is 43.2 Å². The van der Waals surface area contributed by atoms with Gasteiger partial charge >= 0.3 is 39.5 Å². The fraction of sp³-hybridized carbons (Fsp3) is 0.951. The molecule has 600 valence electrons. The largest absolute Gasteiger partial charge is 0.472 e. The van der Waals surface area contributed by atoms with Crippen LogP contribution in [0.1, 0.15) is 439 Å². The van der Waals surface area contributed by atoms with Crippen LogP contribution in [0.25, 0.3) is 0 Å². The number of rotatable bonds is 82. The highest BCUT2D eigenvalue weighted by Gasteiger charge is 2.30. The van der Waals surface area contributed by atoms with Crippen molar-refractivity contribution in [2.45, 2.75) is 457 Å². The lowest BCUT2D eigenvalue weighted by Crippen LogP contribution is -2.30. The third-order valence-electron chi connectivity index (χ3n) is 19.3. The van der Waals surface area contributed by atoms with Gasteiger partial charge in [0.25, 0.3) is 0 Å². The number of carbonyl (C=O) groups is 4. The second-order valence-corrected chi connectivity index (χ2v) is 32.9. The first kappa shape index (κ1) is 99.1. The zero-order valence-corrected chi connectivity index (χ0v) is 67.8. The highest BCUT2D eigenvalue weighted by Crippen LogP contribution is 2.45. The number of hydrogen-bond acceptors (Lipinski definition) is 15. The Balaban J connectivity index is 5.25. The number of phosphoric ester groups is 2. The Bertz CT molecular complexity index is 1930. The van der Waals surface area contributed by atoms with E-state index in [2.05, 4.69) is 34.6 Å². The van der Waals surface area contributed by atoms with E-state index in [-0.39, 0.29) is 25.7 Å². The van der Waals surface area contributed by atoms with Crippen LogP contribution in [-0.4, -0.2) is 96.7 Å². The van der Waals surface area contributed by atoms with Crippen LogP contribution in [0, 0.1) is 5.92 Å². The number of unbranched alkanes of at least 4 members (excludes halogenated alkanes) is 54. The van der Waals surface area contributed by atoms with E-state index in [0.29, 0.717) is 25.7 Å². The van der Waals surface area contributed by atoms with Gasteiger partial charge in [-0.05, 0) is 31.6 Å². The molecule has 0 heterocycles. The third kappa shape index (κ3) is 76.1. The Kier molecular flexibility index (Phi) is 73.5. The molecular formula is C82H160O17P2. The van der Waals surface area contributed by atoms with Gasteiger partial charge in [0.1, 0.15) is 19.3 Å². The second kappa shape index (κ2) is 74.9. The minimum atomic E-state index is -4.96. The monoisotopic (exact) mass is 1480 g/mol. The smallest absolute Gasteiger partial charge is 0.462 e. The minimum absolute atomic E-state index is 0.108. The highest BCUT2D eigenvalue weighted by atomic mass is 31.2. The Morgan fingerprint density at radius 1 is 0.267 bits per heavy atom. The fourth-order valence-electron chi connectivity index (χ4n) is 12.8. The van der Waals surface area contributed by atoms with E-state index < -0.39 is 97.5 Å². The lowest BCUT2D eigenvalue weighted by atomic mass is 10.0. The molecule has 0 aliphatic rings. The summed E-state index contributed by atoms with van der Waals surface area (Å²) >= 11 is 0. The first-order valence-electron chi connectivity index (χ1n) is 42.6. The first-order valence-corrected chi connectivity index (χ1v) is 45.6. The van der Waals surface area contributed by atoms with Gasteiger partial charge in [0.2, 0.25) is 0 Å². The molecule has 0 aromatic heterocycles. The van der Waals surface area contributed by atoms with Crippen molar-refractivity contribution in [3.05, 3.63) is 0 Å². The van der Waals surface area contributed by atoms with Crippen molar-refractivity contribution in [3.8, 4) is 0 Å². The van der Waals surface area contributed by atoms with Gasteiger partial charge in [-0.25, -0.2) is 9.13 Å². The number of carbonyl (C=O) groups excluding carboxylic acids is 4. The van der Waals surface area contributed by atoms with Crippen LogP contribution in [0.15, 0.2) is 0 Å². The molecule has 0 aromatic rings. The van der Waals surface area contributed by atoms with E-state index in [4.69, 9.17) is 37.0 Å². The lowest BCUT2D eigenvalue weighted by Gasteiger charge is -2.21. The summed E-state index contributed by atoms with van der Waals surface area (Å²) < 4.78 is 68.8. The predicted octanol–water partition coefficient (Wildman–Crippen LogP) is 24.8. The van der Waals surface area contributed by atoms with Gasteiger partial charge < -0.3 is 33.8 Å². The molecule has 3 N–H and O–H groups in total. The second-order valence-electron chi connectivity index (χ2n) is 30.0. The Morgan fingerprint density at radius 2 is 0.455 bits per heavy atom. The van der Waals surface area contributed by atoms with E-state index in [1.54, 1.807) is 0 Å². The minimum Gasteiger partial charge on any atom is -0.462 e. The van der Waals surface area contributed by atoms with Gasteiger partial charge in [-0.3, -0.25) is 37.3 Å². The van der Waals surface area contributed by atoms with Crippen LogP contribution in [0.4, 0.5) is 0 Å². The van der Waals surface area contributed by atoms with Gasteiger partial charge in [0.15, 0.2) is 12.2 Å². The van der Waals surface area contributed by atoms with Gasteiger partial charge in [-0.15, -0.1) is 0 Å².